The van der Waals surface area contributed by atoms with E-state index in [-0.39, 0.29) is 5.82 Å². The molecule has 0 N–H and O–H groups in total. The highest BCUT2D eigenvalue weighted by atomic mass is 19.1. The molecule has 0 unspecified atom stereocenters. The molecule has 1 saturated carbocycles. The van der Waals surface area contributed by atoms with Crippen LogP contribution in [0.25, 0.3) is 0 Å². The van der Waals surface area contributed by atoms with Gasteiger partial charge < -0.3 is 0 Å². The quantitative estimate of drug-likeness (QED) is 0.436. The molecular formula is C21H28F2. The van der Waals surface area contributed by atoms with Gasteiger partial charge in [-0.15, -0.1) is 0 Å². The van der Waals surface area contributed by atoms with E-state index in [0.29, 0.717) is 17.9 Å². The molecule has 2 aliphatic rings. The summed E-state index contributed by atoms with van der Waals surface area (Å²) in [5, 5.41) is 0. The average molecular weight is 318 g/mol. The number of hydrogen-bond donors (Lipinski definition) is 0. The van der Waals surface area contributed by atoms with Crippen molar-refractivity contribution in [3.05, 3.63) is 46.5 Å². The van der Waals surface area contributed by atoms with Crippen LogP contribution in [0.2, 0.25) is 0 Å². The maximum absolute atomic E-state index is 13.8. The van der Waals surface area contributed by atoms with E-state index in [2.05, 4.69) is 13.0 Å². The minimum atomic E-state index is -0.442. The fourth-order valence-electron chi connectivity index (χ4n) is 4.38. The van der Waals surface area contributed by atoms with Gasteiger partial charge in [-0.3, -0.25) is 0 Å². The molecule has 3 rings (SSSR count). The summed E-state index contributed by atoms with van der Waals surface area (Å²) in [6, 6.07) is 2.54. The van der Waals surface area contributed by atoms with Crippen molar-refractivity contribution in [2.75, 3.05) is 0 Å². The molecule has 0 aliphatic heterocycles. The molecule has 0 saturated heterocycles. The van der Waals surface area contributed by atoms with Crippen LogP contribution in [0.15, 0.2) is 23.8 Å². The predicted molar refractivity (Wildman–Crippen MR) is 91.4 cm³/mol. The third-order valence-corrected chi connectivity index (χ3v) is 5.80. The first kappa shape index (κ1) is 16.7. The zero-order valence-electron chi connectivity index (χ0n) is 14.2. The molecule has 2 heteroatoms. The third kappa shape index (κ3) is 4.02. The summed E-state index contributed by atoms with van der Waals surface area (Å²) in [4.78, 5) is 0. The Morgan fingerprint density at radius 2 is 1.83 bits per heavy atom. The van der Waals surface area contributed by atoms with Crippen molar-refractivity contribution in [1.29, 1.82) is 0 Å². The van der Waals surface area contributed by atoms with Crippen molar-refractivity contribution >= 4 is 0 Å². The van der Waals surface area contributed by atoms with Crippen LogP contribution in [0, 0.1) is 23.5 Å². The summed E-state index contributed by atoms with van der Waals surface area (Å²) in [5.74, 6) is 0.720. The van der Waals surface area contributed by atoms with Crippen molar-refractivity contribution < 1.29 is 8.78 Å². The molecule has 1 aromatic rings. The molecule has 0 radical (unpaired) electrons. The van der Waals surface area contributed by atoms with Crippen LogP contribution in [0.1, 0.15) is 69.4 Å². The number of hydrogen-bond acceptors (Lipinski definition) is 0. The van der Waals surface area contributed by atoms with E-state index in [1.54, 1.807) is 0 Å². The number of unbranched alkanes of at least 4 members (excludes halogenated alkanes) is 2. The minimum absolute atomic E-state index is 0.380. The Balaban J connectivity index is 1.57. The Labute approximate surface area is 139 Å². The van der Waals surface area contributed by atoms with Crippen LogP contribution in [-0.4, -0.2) is 0 Å². The zero-order chi connectivity index (χ0) is 16.2. The van der Waals surface area contributed by atoms with Crippen molar-refractivity contribution in [2.45, 2.75) is 71.1 Å². The molecule has 1 fully saturated rings. The number of rotatable bonds is 5. The fourth-order valence-corrected chi connectivity index (χ4v) is 4.38. The van der Waals surface area contributed by atoms with Gasteiger partial charge in [0.15, 0.2) is 0 Å². The van der Waals surface area contributed by atoms with Gasteiger partial charge in [0.25, 0.3) is 0 Å². The molecule has 0 nitrogen and oxygen atoms in total. The topological polar surface area (TPSA) is 0 Å². The molecule has 0 heterocycles. The molecule has 1 aromatic carbocycles. The lowest BCUT2D eigenvalue weighted by atomic mass is 9.74. The summed E-state index contributed by atoms with van der Waals surface area (Å²) in [6.45, 7) is 2.26. The van der Waals surface area contributed by atoms with Gasteiger partial charge in [0.1, 0.15) is 11.6 Å². The Morgan fingerprint density at radius 1 is 1.04 bits per heavy atom. The first-order chi connectivity index (χ1) is 11.2. The lowest BCUT2D eigenvalue weighted by Gasteiger charge is -2.32. The van der Waals surface area contributed by atoms with E-state index >= 15 is 0 Å². The second-order valence-corrected chi connectivity index (χ2v) is 7.40. The van der Waals surface area contributed by atoms with Crippen LogP contribution >= 0.6 is 0 Å². The Kier molecular flexibility index (Phi) is 5.50. The minimum Gasteiger partial charge on any atom is -0.207 e. The van der Waals surface area contributed by atoms with Gasteiger partial charge in [0.05, 0.1) is 0 Å². The van der Waals surface area contributed by atoms with Crippen molar-refractivity contribution in [3.63, 3.8) is 0 Å². The van der Waals surface area contributed by atoms with E-state index in [1.165, 1.54) is 63.0 Å². The maximum Gasteiger partial charge on any atom is 0.129 e. The van der Waals surface area contributed by atoms with Gasteiger partial charge in [-0.25, -0.2) is 8.78 Å². The highest BCUT2D eigenvalue weighted by Gasteiger charge is 2.26. The van der Waals surface area contributed by atoms with Gasteiger partial charge in [-0.1, -0.05) is 44.3 Å². The molecule has 126 valence electrons. The molecular weight excluding hydrogens is 290 g/mol. The number of fused-ring (bicyclic) bond motifs is 1. The Hall–Kier alpha value is -1.18. The first-order valence-electron chi connectivity index (χ1n) is 9.33. The van der Waals surface area contributed by atoms with Gasteiger partial charge in [-0.2, -0.15) is 0 Å². The lowest BCUT2D eigenvalue weighted by molar-refractivity contribution is 0.279. The summed E-state index contributed by atoms with van der Waals surface area (Å²) in [5.41, 5.74) is 2.99. The molecule has 0 amide bonds. The van der Waals surface area contributed by atoms with Crippen molar-refractivity contribution in [2.24, 2.45) is 11.8 Å². The average Bonchev–Trinajstić information content (AvgIpc) is 2.55. The van der Waals surface area contributed by atoms with E-state index in [9.17, 15) is 8.78 Å². The van der Waals surface area contributed by atoms with Crippen LogP contribution in [0.4, 0.5) is 8.78 Å². The van der Waals surface area contributed by atoms with Crippen LogP contribution in [0.3, 0.4) is 0 Å². The monoisotopic (exact) mass is 318 g/mol. The number of allylic oxidation sites excluding steroid dienone is 2. The largest absolute Gasteiger partial charge is 0.207 e. The number of benzene rings is 1. The highest BCUT2D eigenvalue weighted by molar-refractivity contribution is 5.39. The Bertz CT molecular complexity index is 565. The zero-order valence-corrected chi connectivity index (χ0v) is 14.2. The summed E-state index contributed by atoms with van der Waals surface area (Å²) in [6.07, 6.45) is 14.2. The van der Waals surface area contributed by atoms with E-state index in [1.807, 2.05) is 0 Å². The van der Waals surface area contributed by atoms with Crippen LogP contribution < -0.4 is 0 Å². The molecule has 23 heavy (non-hydrogen) atoms. The summed E-state index contributed by atoms with van der Waals surface area (Å²) >= 11 is 0. The van der Waals surface area contributed by atoms with E-state index < -0.39 is 5.82 Å². The summed E-state index contributed by atoms with van der Waals surface area (Å²) in [7, 11) is 0. The SMILES string of the molecule is CCCCCC1CCC(C2=CCc3c(F)cc(F)cc3C2)CC1. The molecule has 0 atom stereocenters. The van der Waals surface area contributed by atoms with Crippen molar-refractivity contribution in [1.82, 2.24) is 0 Å². The Morgan fingerprint density at radius 3 is 2.57 bits per heavy atom. The standard InChI is InChI=1S/C21H28F2/c1-2-3-4-5-15-6-8-16(9-7-15)17-10-11-20-18(12-17)13-19(22)14-21(20)23/h10,13-16H,2-9,11-12H2,1H3. The van der Waals surface area contributed by atoms with Crippen molar-refractivity contribution in [3.8, 4) is 0 Å². The van der Waals surface area contributed by atoms with Gasteiger partial charge in [0, 0.05) is 6.07 Å². The maximum atomic E-state index is 13.8. The van der Waals surface area contributed by atoms with Crippen LogP contribution in [0.5, 0.6) is 0 Å². The van der Waals surface area contributed by atoms with Gasteiger partial charge in [-0.05, 0) is 67.6 Å². The second-order valence-electron chi connectivity index (χ2n) is 7.40. The van der Waals surface area contributed by atoms with Crippen LogP contribution in [-0.2, 0) is 12.8 Å². The second kappa shape index (κ2) is 7.59. The fraction of sp³-hybridized carbons (Fsp3) is 0.619. The van der Waals surface area contributed by atoms with Gasteiger partial charge >= 0.3 is 0 Å². The predicted octanol–water partition coefficient (Wildman–Crippen LogP) is 6.38. The van der Waals surface area contributed by atoms with E-state index in [4.69, 9.17) is 0 Å². The van der Waals surface area contributed by atoms with Gasteiger partial charge in [0.2, 0.25) is 0 Å². The number of halogens is 2. The normalized spacial score (nSPS) is 24.2. The molecule has 0 bridgehead atoms. The summed E-state index contributed by atoms with van der Waals surface area (Å²) < 4.78 is 27.3. The lowest BCUT2D eigenvalue weighted by Crippen LogP contribution is -2.19. The smallest absolute Gasteiger partial charge is 0.129 e. The van der Waals surface area contributed by atoms with E-state index in [0.717, 1.165) is 24.0 Å². The third-order valence-electron chi connectivity index (χ3n) is 5.80. The molecule has 0 spiro atoms. The molecule has 2 aliphatic carbocycles. The molecule has 0 aromatic heterocycles. The first-order valence-corrected chi connectivity index (χ1v) is 9.33. The highest BCUT2D eigenvalue weighted by Crippen LogP contribution is 2.38.